The molecule has 2 aromatic heterocycles. The lowest BCUT2D eigenvalue weighted by molar-refractivity contribution is -0.137. The monoisotopic (exact) mass is 441 g/mol. The van der Waals surface area contributed by atoms with Gasteiger partial charge >= 0.3 is 5.97 Å². The first-order chi connectivity index (χ1) is 14.3. The van der Waals surface area contributed by atoms with Crippen LogP contribution in [0.1, 0.15) is 5.69 Å². The van der Waals surface area contributed by atoms with Gasteiger partial charge in [-0.2, -0.15) is 0 Å². The number of rotatable bonds is 6. The number of hydrogen-bond donors (Lipinski definition) is 1. The van der Waals surface area contributed by atoms with Crippen molar-refractivity contribution in [2.75, 3.05) is 6.26 Å². The summed E-state index contributed by atoms with van der Waals surface area (Å²) < 4.78 is 30.5. The van der Waals surface area contributed by atoms with Gasteiger partial charge in [0.2, 0.25) is 0 Å². The van der Waals surface area contributed by atoms with E-state index in [1.54, 1.807) is 41.4 Å². The van der Waals surface area contributed by atoms with Gasteiger partial charge < -0.3 is 14.1 Å². The zero-order chi connectivity index (χ0) is 21.5. The number of benzene rings is 2. The summed E-state index contributed by atoms with van der Waals surface area (Å²) in [5.41, 5.74) is 3.51. The highest BCUT2D eigenvalue weighted by atomic mass is 32.2. The van der Waals surface area contributed by atoms with Crippen molar-refractivity contribution in [2.24, 2.45) is 0 Å². The zero-order valence-electron chi connectivity index (χ0n) is 16.3. The molecule has 0 radical (unpaired) electrons. The van der Waals surface area contributed by atoms with Crippen LogP contribution in [-0.4, -0.2) is 30.3 Å². The van der Waals surface area contributed by atoms with E-state index < -0.39 is 15.8 Å². The Balaban J connectivity index is 1.90. The second-order valence-corrected chi connectivity index (χ2v) is 10.1. The van der Waals surface area contributed by atoms with Crippen molar-refractivity contribution in [3.63, 3.8) is 0 Å². The molecule has 0 aliphatic heterocycles. The molecular weight excluding hydrogens is 422 g/mol. The number of sulfone groups is 1. The molecule has 2 aromatic carbocycles. The van der Waals surface area contributed by atoms with E-state index in [2.05, 4.69) is 0 Å². The highest BCUT2D eigenvalue weighted by molar-refractivity contribution is 7.99. The molecule has 0 atom stereocenters. The maximum atomic E-state index is 11.7. The summed E-state index contributed by atoms with van der Waals surface area (Å²) in [4.78, 5) is 13.5. The summed E-state index contributed by atoms with van der Waals surface area (Å²) in [6.45, 7) is 1.75. The Labute approximate surface area is 178 Å². The second kappa shape index (κ2) is 7.70. The lowest BCUT2D eigenvalue weighted by atomic mass is 10.0. The van der Waals surface area contributed by atoms with Crippen LogP contribution in [0.15, 0.2) is 80.2 Å². The van der Waals surface area contributed by atoms with Gasteiger partial charge in [0.25, 0.3) is 0 Å². The Morgan fingerprint density at radius 1 is 1.13 bits per heavy atom. The van der Waals surface area contributed by atoms with E-state index in [-0.39, 0.29) is 11.4 Å². The summed E-state index contributed by atoms with van der Waals surface area (Å²) in [7, 11) is -3.27. The molecule has 30 heavy (non-hydrogen) atoms. The molecule has 0 aliphatic rings. The summed E-state index contributed by atoms with van der Waals surface area (Å²) in [5, 5.41) is 10.4. The SMILES string of the molecule is Cc1c(Sc2ccc(S(C)(=O)=O)cc2)c2c(-c3ccoc3)cccc2n1CC(=O)O. The van der Waals surface area contributed by atoms with Gasteiger partial charge in [-0.15, -0.1) is 0 Å². The zero-order valence-corrected chi connectivity index (χ0v) is 18.0. The Bertz CT molecular complexity index is 1330. The minimum atomic E-state index is -3.27. The summed E-state index contributed by atoms with van der Waals surface area (Å²) in [6, 6.07) is 14.4. The lowest BCUT2D eigenvalue weighted by Crippen LogP contribution is -2.09. The molecule has 8 heteroatoms. The van der Waals surface area contributed by atoms with Gasteiger partial charge in [0, 0.05) is 32.7 Å². The van der Waals surface area contributed by atoms with Crippen LogP contribution in [0.25, 0.3) is 22.0 Å². The van der Waals surface area contributed by atoms with Crippen molar-refractivity contribution in [2.45, 2.75) is 28.2 Å². The van der Waals surface area contributed by atoms with E-state index >= 15 is 0 Å². The molecule has 0 aliphatic carbocycles. The summed E-state index contributed by atoms with van der Waals surface area (Å²) in [5.74, 6) is -0.919. The van der Waals surface area contributed by atoms with Crippen molar-refractivity contribution in [1.82, 2.24) is 4.57 Å². The van der Waals surface area contributed by atoms with Crippen molar-refractivity contribution >= 4 is 38.5 Å². The Kier molecular flexibility index (Phi) is 5.21. The van der Waals surface area contributed by atoms with E-state index in [9.17, 15) is 18.3 Å². The quantitative estimate of drug-likeness (QED) is 0.460. The van der Waals surface area contributed by atoms with Crippen LogP contribution in [0, 0.1) is 6.92 Å². The third-order valence-corrected chi connectivity index (χ3v) is 7.23. The molecule has 0 bridgehead atoms. The van der Waals surface area contributed by atoms with Crippen molar-refractivity contribution in [1.29, 1.82) is 0 Å². The summed E-state index contributed by atoms with van der Waals surface area (Å²) in [6.07, 6.45) is 4.44. The number of carboxylic acids is 1. The standard InChI is InChI=1S/C22H19NO5S2/c1-14-22(29-16-6-8-17(9-7-16)30(2,26)27)21-18(15-10-11-28-13-15)4-3-5-19(21)23(14)12-20(24)25/h3-11,13H,12H2,1-2H3,(H,24,25). The number of furan rings is 1. The molecule has 4 aromatic rings. The fraction of sp³-hybridized carbons (Fsp3) is 0.136. The van der Waals surface area contributed by atoms with Crippen LogP contribution < -0.4 is 0 Å². The van der Waals surface area contributed by atoms with Crippen molar-refractivity contribution < 1.29 is 22.7 Å². The maximum Gasteiger partial charge on any atom is 0.323 e. The predicted molar refractivity (Wildman–Crippen MR) is 116 cm³/mol. The molecule has 2 heterocycles. The smallest absolute Gasteiger partial charge is 0.323 e. The van der Waals surface area contributed by atoms with Crippen molar-refractivity contribution in [3.8, 4) is 11.1 Å². The first kappa shape index (κ1) is 20.3. The number of aromatic nitrogens is 1. The van der Waals surface area contributed by atoms with E-state index in [4.69, 9.17) is 4.42 Å². The van der Waals surface area contributed by atoms with E-state index in [1.807, 2.05) is 31.2 Å². The predicted octanol–water partition coefficient (Wildman–Crippen LogP) is 4.85. The van der Waals surface area contributed by atoms with Crippen LogP contribution in [0.5, 0.6) is 0 Å². The van der Waals surface area contributed by atoms with Gasteiger partial charge in [0.1, 0.15) is 6.54 Å². The number of hydrogen-bond acceptors (Lipinski definition) is 5. The first-order valence-electron chi connectivity index (χ1n) is 9.10. The van der Waals surface area contributed by atoms with Crippen LogP contribution >= 0.6 is 11.8 Å². The molecular formula is C22H19NO5S2. The fourth-order valence-corrected chi connectivity index (χ4v) is 5.20. The highest BCUT2D eigenvalue weighted by Crippen LogP contribution is 2.43. The third kappa shape index (κ3) is 3.76. The van der Waals surface area contributed by atoms with Gasteiger partial charge in [0.15, 0.2) is 9.84 Å². The van der Waals surface area contributed by atoms with Gasteiger partial charge in [0.05, 0.1) is 22.9 Å². The molecule has 0 saturated carbocycles. The largest absolute Gasteiger partial charge is 0.480 e. The van der Waals surface area contributed by atoms with E-state index in [1.165, 1.54) is 18.0 Å². The molecule has 0 fully saturated rings. The average Bonchev–Trinajstić information content (AvgIpc) is 3.31. The van der Waals surface area contributed by atoms with Gasteiger partial charge in [-0.25, -0.2) is 8.42 Å². The average molecular weight is 442 g/mol. The minimum absolute atomic E-state index is 0.148. The molecule has 0 amide bonds. The van der Waals surface area contributed by atoms with E-state index in [0.717, 1.165) is 37.5 Å². The number of fused-ring (bicyclic) bond motifs is 1. The lowest BCUT2D eigenvalue weighted by Gasteiger charge is -2.06. The fourth-order valence-electron chi connectivity index (χ4n) is 3.48. The number of carboxylic acid groups (broad SMARTS) is 1. The number of aliphatic carboxylic acids is 1. The van der Waals surface area contributed by atoms with Gasteiger partial charge in [-0.1, -0.05) is 23.9 Å². The second-order valence-electron chi connectivity index (χ2n) is 6.95. The van der Waals surface area contributed by atoms with Crippen LogP contribution in [0.3, 0.4) is 0 Å². The van der Waals surface area contributed by atoms with Gasteiger partial charge in [-0.3, -0.25) is 4.79 Å². The van der Waals surface area contributed by atoms with Crippen molar-refractivity contribution in [3.05, 3.63) is 66.8 Å². The number of nitrogens with zero attached hydrogens (tertiary/aromatic N) is 1. The third-order valence-electron chi connectivity index (χ3n) is 4.89. The van der Waals surface area contributed by atoms with Crippen LogP contribution in [-0.2, 0) is 21.2 Å². The van der Waals surface area contributed by atoms with Crippen LogP contribution in [0.2, 0.25) is 0 Å². The Morgan fingerprint density at radius 2 is 1.87 bits per heavy atom. The molecule has 1 N–H and O–H groups in total. The van der Waals surface area contributed by atoms with E-state index in [0.29, 0.717) is 0 Å². The Hall–Kier alpha value is -2.97. The Morgan fingerprint density at radius 3 is 2.47 bits per heavy atom. The molecule has 4 rings (SSSR count). The van der Waals surface area contributed by atoms with Gasteiger partial charge in [-0.05, 0) is 48.9 Å². The molecule has 0 saturated heterocycles. The molecule has 154 valence electrons. The molecule has 0 unspecified atom stereocenters. The first-order valence-corrected chi connectivity index (χ1v) is 11.8. The van der Waals surface area contributed by atoms with Crippen LogP contribution in [0.4, 0.5) is 0 Å². The minimum Gasteiger partial charge on any atom is -0.480 e. The highest BCUT2D eigenvalue weighted by Gasteiger charge is 2.20. The summed E-state index contributed by atoms with van der Waals surface area (Å²) >= 11 is 1.48. The normalized spacial score (nSPS) is 11.8. The molecule has 0 spiro atoms. The maximum absolute atomic E-state index is 11.7. The topological polar surface area (TPSA) is 89.5 Å². The number of carbonyl (C=O) groups is 1. The molecule has 6 nitrogen and oxygen atoms in total.